The van der Waals surface area contributed by atoms with E-state index in [1.165, 1.54) is 6.07 Å². The Morgan fingerprint density at radius 1 is 1.38 bits per heavy atom. The number of piperidine rings is 1. The van der Waals surface area contributed by atoms with Crippen molar-refractivity contribution in [3.8, 4) is 0 Å². The molecule has 1 atom stereocenters. The summed E-state index contributed by atoms with van der Waals surface area (Å²) >= 11 is 0. The fourth-order valence-corrected chi connectivity index (χ4v) is 3.62. The third-order valence-corrected chi connectivity index (χ3v) is 5.00. The fourth-order valence-electron chi connectivity index (χ4n) is 2.91. The predicted octanol–water partition coefficient (Wildman–Crippen LogP) is 2.05. The summed E-state index contributed by atoms with van der Waals surface area (Å²) in [5, 5.41) is 5.24. The summed E-state index contributed by atoms with van der Waals surface area (Å²) in [4.78, 5) is 14.5. The molecular formula is C15H22N2O3S. The molecule has 0 spiro atoms. The minimum Gasteiger partial charge on any atom is -0.336 e. The summed E-state index contributed by atoms with van der Waals surface area (Å²) in [5.74, 6) is -0.228. The van der Waals surface area contributed by atoms with Crippen LogP contribution in [0.25, 0.3) is 0 Å². The summed E-state index contributed by atoms with van der Waals surface area (Å²) in [7, 11) is -3.91. The highest BCUT2D eigenvalue weighted by atomic mass is 32.2. The van der Waals surface area contributed by atoms with Gasteiger partial charge in [0.25, 0.3) is 5.91 Å². The second-order valence-electron chi connectivity index (χ2n) is 5.60. The Balaban J connectivity index is 2.45. The second kappa shape index (κ2) is 6.15. The predicted molar refractivity (Wildman–Crippen MR) is 81.5 cm³/mol. The molecule has 116 valence electrons. The monoisotopic (exact) mass is 310 g/mol. The summed E-state index contributed by atoms with van der Waals surface area (Å²) in [5.41, 5.74) is 1.04. The SMILES string of the molecule is CCC1CCCCN1C(=O)c1cc(C)ccc1S(N)(=O)=O. The van der Waals surface area contributed by atoms with Crippen molar-refractivity contribution in [2.75, 3.05) is 6.54 Å². The number of hydrogen-bond donors (Lipinski definition) is 1. The normalized spacial score (nSPS) is 19.6. The van der Waals surface area contributed by atoms with Crippen LogP contribution >= 0.6 is 0 Å². The Labute approximate surface area is 126 Å². The first-order chi connectivity index (χ1) is 9.84. The van der Waals surface area contributed by atoms with Crippen LogP contribution in [0.4, 0.5) is 0 Å². The average Bonchev–Trinajstić information content (AvgIpc) is 2.45. The van der Waals surface area contributed by atoms with Gasteiger partial charge in [-0.15, -0.1) is 0 Å². The van der Waals surface area contributed by atoms with Gasteiger partial charge < -0.3 is 4.90 Å². The van der Waals surface area contributed by atoms with Gasteiger partial charge in [0.2, 0.25) is 10.0 Å². The van der Waals surface area contributed by atoms with Crippen molar-refractivity contribution < 1.29 is 13.2 Å². The van der Waals surface area contributed by atoms with Crippen molar-refractivity contribution >= 4 is 15.9 Å². The molecule has 1 fully saturated rings. The molecule has 0 bridgehead atoms. The number of aryl methyl sites for hydroxylation is 1. The van der Waals surface area contributed by atoms with Crippen LogP contribution in [0.1, 0.15) is 48.5 Å². The molecule has 2 N–H and O–H groups in total. The van der Waals surface area contributed by atoms with E-state index in [0.29, 0.717) is 6.54 Å². The van der Waals surface area contributed by atoms with Gasteiger partial charge in [-0.1, -0.05) is 18.6 Å². The zero-order chi connectivity index (χ0) is 15.6. The Bertz CT molecular complexity index is 640. The molecule has 2 rings (SSSR count). The molecule has 0 radical (unpaired) electrons. The molecule has 1 aromatic carbocycles. The summed E-state index contributed by atoms with van der Waals surface area (Å²) < 4.78 is 23.4. The number of primary sulfonamides is 1. The third-order valence-electron chi connectivity index (χ3n) is 4.03. The van der Waals surface area contributed by atoms with E-state index in [1.54, 1.807) is 17.0 Å². The number of carbonyl (C=O) groups is 1. The van der Waals surface area contributed by atoms with Gasteiger partial charge in [0, 0.05) is 12.6 Å². The van der Waals surface area contributed by atoms with Crippen LogP contribution in [0, 0.1) is 6.92 Å². The van der Waals surface area contributed by atoms with Crippen molar-refractivity contribution in [3.63, 3.8) is 0 Å². The number of sulfonamides is 1. The first-order valence-corrected chi connectivity index (χ1v) is 8.83. The lowest BCUT2D eigenvalue weighted by molar-refractivity contribution is 0.0604. The topological polar surface area (TPSA) is 80.5 Å². The smallest absolute Gasteiger partial charge is 0.255 e. The number of nitrogens with zero attached hydrogens (tertiary/aromatic N) is 1. The Morgan fingerprint density at radius 2 is 2.10 bits per heavy atom. The molecule has 1 saturated heterocycles. The van der Waals surface area contributed by atoms with Gasteiger partial charge in [-0.25, -0.2) is 13.6 Å². The molecule has 0 aromatic heterocycles. The van der Waals surface area contributed by atoms with E-state index in [-0.39, 0.29) is 22.4 Å². The molecule has 6 heteroatoms. The molecule has 1 aliphatic rings. The van der Waals surface area contributed by atoms with Gasteiger partial charge in [0.05, 0.1) is 10.5 Å². The van der Waals surface area contributed by atoms with Crippen molar-refractivity contribution in [2.45, 2.75) is 50.5 Å². The Morgan fingerprint density at radius 3 is 2.71 bits per heavy atom. The molecule has 0 aliphatic carbocycles. The van der Waals surface area contributed by atoms with E-state index >= 15 is 0 Å². The van der Waals surface area contributed by atoms with Crippen LogP contribution in [0.2, 0.25) is 0 Å². The Kier molecular flexibility index (Phi) is 4.68. The maximum absolute atomic E-state index is 12.8. The first-order valence-electron chi connectivity index (χ1n) is 7.29. The lowest BCUT2D eigenvalue weighted by atomic mass is 9.98. The fraction of sp³-hybridized carbons (Fsp3) is 0.533. The number of nitrogens with two attached hydrogens (primary N) is 1. The molecule has 1 amide bonds. The number of amides is 1. The van der Waals surface area contributed by atoms with Gasteiger partial charge in [-0.2, -0.15) is 0 Å². The molecule has 0 saturated carbocycles. The van der Waals surface area contributed by atoms with Crippen molar-refractivity contribution in [3.05, 3.63) is 29.3 Å². The number of likely N-dealkylation sites (tertiary alicyclic amines) is 1. The lowest BCUT2D eigenvalue weighted by Crippen LogP contribution is -2.44. The molecule has 1 aliphatic heterocycles. The second-order valence-corrected chi connectivity index (χ2v) is 7.13. The maximum atomic E-state index is 12.8. The summed E-state index contributed by atoms with van der Waals surface area (Å²) in [6.07, 6.45) is 3.91. The summed E-state index contributed by atoms with van der Waals surface area (Å²) in [6.45, 7) is 4.56. The molecule has 1 heterocycles. The van der Waals surface area contributed by atoms with E-state index in [4.69, 9.17) is 5.14 Å². The van der Waals surface area contributed by atoms with Gasteiger partial charge in [-0.05, 0) is 44.7 Å². The van der Waals surface area contributed by atoms with Crippen LogP contribution in [-0.4, -0.2) is 31.8 Å². The highest BCUT2D eigenvalue weighted by Gasteiger charge is 2.29. The minimum atomic E-state index is -3.91. The highest BCUT2D eigenvalue weighted by Crippen LogP contribution is 2.25. The van der Waals surface area contributed by atoms with E-state index in [9.17, 15) is 13.2 Å². The van der Waals surface area contributed by atoms with Crippen LogP contribution < -0.4 is 5.14 Å². The molecule has 21 heavy (non-hydrogen) atoms. The van der Waals surface area contributed by atoms with Crippen molar-refractivity contribution in [1.29, 1.82) is 0 Å². The van der Waals surface area contributed by atoms with Crippen molar-refractivity contribution in [1.82, 2.24) is 4.90 Å². The van der Waals surface area contributed by atoms with Crippen molar-refractivity contribution in [2.24, 2.45) is 5.14 Å². The first kappa shape index (κ1) is 16.0. The zero-order valence-corrected chi connectivity index (χ0v) is 13.3. The number of carbonyl (C=O) groups excluding carboxylic acids is 1. The van der Waals surface area contributed by atoms with E-state index < -0.39 is 10.0 Å². The molecular weight excluding hydrogens is 288 g/mol. The van der Waals surface area contributed by atoms with Crippen LogP contribution in [0.15, 0.2) is 23.1 Å². The van der Waals surface area contributed by atoms with Gasteiger partial charge in [0.1, 0.15) is 0 Å². The van der Waals surface area contributed by atoms with Gasteiger partial charge >= 0.3 is 0 Å². The molecule has 1 unspecified atom stereocenters. The quantitative estimate of drug-likeness (QED) is 0.927. The molecule has 1 aromatic rings. The van der Waals surface area contributed by atoms with E-state index in [0.717, 1.165) is 31.2 Å². The van der Waals surface area contributed by atoms with E-state index in [1.807, 2.05) is 13.8 Å². The highest BCUT2D eigenvalue weighted by molar-refractivity contribution is 7.89. The van der Waals surface area contributed by atoms with Gasteiger partial charge in [0.15, 0.2) is 0 Å². The van der Waals surface area contributed by atoms with Crippen LogP contribution in [0.3, 0.4) is 0 Å². The zero-order valence-electron chi connectivity index (χ0n) is 12.5. The van der Waals surface area contributed by atoms with E-state index in [2.05, 4.69) is 0 Å². The van der Waals surface area contributed by atoms with Crippen LogP contribution in [0.5, 0.6) is 0 Å². The summed E-state index contributed by atoms with van der Waals surface area (Å²) in [6, 6.07) is 4.87. The number of benzene rings is 1. The standard InChI is InChI=1S/C15H22N2O3S/c1-3-12-6-4-5-9-17(12)15(18)13-10-11(2)7-8-14(13)21(16,19)20/h7-8,10,12H,3-6,9H2,1-2H3,(H2,16,19,20). The van der Waals surface area contributed by atoms with Crippen LogP contribution in [-0.2, 0) is 10.0 Å². The maximum Gasteiger partial charge on any atom is 0.255 e. The number of hydrogen-bond acceptors (Lipinski definition) is 3. The molecule has 5 nitrogen and oxygen atoms in total. The average molecular weight is 310 g/mol. The Hall–Kier alpha value is -1.40. The minimum absolute atomic E-state index is 0.0847. The number of rotatable bonds is 3. The third kappa shape index (κ3) is 3.44. The lowest BCUT2D eigenvalue weighted by Gasteiger charge is -2.35. The largest absolute Gasteiger partial charge is 0.336 e. The van der Waals surface area contributed by atoms with Gasteiger partial charge in [-0.3, -0.25) is 4.79 Å².